The molecule has 1 aliphatic rings. The molecule has 1 aliphatic heterocycles. The smallest absolute Gasteiger partial charge is 0.246 e. The van der Waals surface area contributed by atoms with E-state index < -0.39 is 0 Å². The lowest BCUT2D eigenvalue weighted by molar-refractivity contribution is -0.126. The Kier molecular flexibility index (Phi) is 4.32. The maximum atomic E-state index is 12.1. The van der Waals surface area contributed by atoms with Crippen LogP contribution >= 0.6 is 0 Å². The fraction of sp³-hybridized carbons (Fsp3) is 0.438. The van der Waals surface area contributed by atoms with Gasteiger partial charge in [-0.1, -0.05) is 5.57 Å². The van der Waals surface area contributed by atoms with E-state index in [9.17, 15) is 4.79 Å². The molecule has 0 bridgehead atoms. The van der Waals surface area contributed by atoms with Crippen LogP contribution < -0.4 is 9.47 Å². The fourth-order valence-electron chi connectivity index (χ4n) is 2.41. The van der Waals surface area contributed by atoms with Crippen LogP contribution in [-0.4, -0.2) is 31.6 Å². The van der Waals surface area contributed by atoms with Crippen molar-refractivity contribution in [3.05, 3.63) is 34.9 Å². The van der Waals surface area contributed by atoms with Gasteiger partial charge in [0.1, 0.15) is 0 Å². The molecule has 0 radical (unpaired) electrons. The Morgan fingerprint density at radius 1 is 1.15 bits per heavy atom. The van der Waals surface area contributed by atoms with Crippen molar-refractivity contribution in [2.45, 2.75) is 26.8 Å². The van der Waals surface area contributed by atoms with Crippen LogP contribution in [-0.2, 0) is 17.8 Å². The minimum absolute atomic E-state index is 0.0745. The third-order valence-corrected chi connectivity index (χ3v) is 3.44. The lowest BCUT2D eigenvalue weighted by Gasteiger charge is -2.29. The molecule has 0 spiro atoms. The Labute approximate surface area is 120 Å². The molecular weight excluding hydrogens is 254 g/mol. The summed E-state index contributed by atoms with van der Waals surface area (Å²) in [4.78, 5) is 14.0. The zero-order chi connectivity index (χ0) is 14.7. The van der Waals surface area contributed by atoms with Gasteiger partial charge in [-0.15, -0.1) is 0 Å². The highest BCUT2D eigenvalue weighted by Gasteiger charge is 2.21. The van der Waals surface area contributed by atoms with E-state index in [0.717, 1.165) is 29.9 Å². The average Bonchev–Trinajstić information content (AvgIpc) is 2.44. The molecule has 0 N–H and O–H groups in total. The van der Waals surface area contributed by atoms with Crippen LogP contribution in [0.2, 0.25) is 0 Å². The predicted molar refractivity (Wildman–Crippen MR) is 78.1 cm³/mol. The summed E-state index contributed by atoms with van der Waals surface area (Å²) in [5.41, 5.74) is 3.38. The van der Waals surface area contributed by atoms with Gasteiger partial charge in [0.05, 0.1) is 14.2 Å². The second-order valence-corrected chi connectivity index (χ2v) is 5.21. The maximum absolute atomic E-state index is 12.1. The summed E-state index contributed by atoms with van der Waals surface area (Å²) < 4.78 is 10.6. The van der Waals surface area contributed by atoms with Gasteiger partial charge >= 0.3 is 0 Å². The van der Waals surface area contributed by atoms with E-state index in [4.69, 9.17) is 9.47 Å². The van der Waals surface area contributed by atoms with Crippen LogP contribution in [0.25, 0.3) is 0 Å². The summed E-state index contributed by atoms with van der Waals surface area (Å²) in [6.07, 6.45) is 2.53. The number of carbonyl (C=O) groups is 1. The van der Waals surface area contributed by atoms with Gasteiger partial charge in [-0.3, -0.25) is 4.79 Å². The van der Waals surface area contributed by atoms with Gasteiger partial charge in [-0.05, 0) is 43.5 Å². The number of hydrogen-bond acceptors (Lipinski definition) is 3. The summed E-state index contributed by atoms with van der Waals surface area (Å²) in [5, 5.41) is 0. The van der Waals surface area contributed by atoms with Crippen molar-refractivity contribution in [1.29, 1.82) is 0 Å². The second kappa shape index (κ2) is 5.99. The summed E-state index contributed by atoms with van der Waals surface area (Å²) in [6, 6.07) is 3.98. The first kappa shape index (κ1) is 14.4. The average molecular weight is 275 g/mol. The molecule has 0 saturated heterocycles. The van der Waals surface area contributed by atoms with Crippen LogP contribution in [0.15, 0.2) is 23.8 Å². The Balaban J connectivity index is 2.26. The summed E-state index contributed by atoms with van der Waals surface area (Å²) in [7, 11) is 3.26. The normalized spacial score (nSPS) is 13.5. The number of rotatable bonds is 3. The van der Waals surface area contributed by atoms with Crippen LogP contribution in [0.3, 0.4) is 0 Å². The van der Waals surface area contributed by atoms with Gasteiger partial charge in [0.15, 0.2) is 11.5 Å². The van der Waals surface area contributed by atoms with Crippen LogP contribution in [0.5, 0.6) is 11.5 Å². The first-order valence-electron chi connectivity index (χ1n) is 6.72. The third-order valence-electron chi connectivity index (χ3n) is 3.44. The zero-order valence-electron chi connectivity index (χ0n) is 12.5. The Hall–Kier alpha value is -1.97. The monoisotopic (exact) mass is 275 g/mol. The molecule has 0 unspecified atom stereocenters. The van der Waals surface area contributed by atoms with Crippen LogP contribution in [0.1, 0.15) is 25.0 Å². The first-order chi connectivity index (χ1) is 9.55. The van der Waals surface area contributed by atoms with E-state index in [-0.39, 0.29) is 5.91 Å². The SMILES string of the molecule is COc1cc2c(cc1OC)CN(C(=O)C=C(C)C)CC2. The van der Waals surface area contributed by atoms with Gasteiger partial charge in [0.2, 0.25) is 5.91 Å². The van der Waals surface area contributed by atoms with Crippen molar-refractivity contribution in [1.82, 2.24) is 4.90 Å². The lowest BCUT2D eigenvalue weighted by Crippen LogP contribution is -2.35. The number of allylic oxidation sites excluding steroid dienone is 1. The van der Waals surface area contributed by atoms with Crippen molar-refractivity contribution in [3.63, 3.8) is 0 Å². The molecule has 0 fully saturated rings. The molecule has 1 aromatic rings. The minimum Gasteiger partial charge on any atom is -0.493 e. The van der Waals surface area contributed by atoms with Gasteiger partial charge < -0.3 is 14.4 Å². The zero-order valence-corrected chi connectivity index (χ0v) is 12.5. The molecule has 0 atom stereocenters. The van der Waals surface area contributed by atoms with E-state index in [1.807, 2.05) is 30.9 Å². The predicted octanol–water partition coefficient (Wildman–Crippen LogP) is 2.55. The quantitative estimate of drug-likeness (QED) is 0.796. The van der Waals surface area contributed by atoms with Crippen molar-refractivity contribution in [2.24, 2.45) is 0 Å². The Morgan fingerprint density at radius 2 is 1.75 bits per heavy atom. The van der Waals surface area contributed by atoms with E-state index in [1.165, 1.54) is 5.56 Å². The first-order valence-corrected chi connectivity index (χ1v) is 6.72. The third kappa shape index (κ3) is 2.95. The summed E-state index contributed by atoms with van der Waals surface area (Å²) in [5.74, 6) is 1.53. The minimum atomic E-state index is 0.0745. The van der Waals surface area contributed by atoms with E-state index in [0.29, 0.717) is 12.3 Å². The number of benzene rings is 1. The number of hydrogen-bond donors (Lipinski definition) is 0. The Bertz CT molecular complexity index is 545. The summed E-state index contributed by atoms with van der Waals surface area (Å²) >= 11 is 0. The van der Waals surface area contributed by atoms with Gasteiger partial charge in [0, 0.05) is 19.2 Å². The molecule has 4 heteroatoms. The number of methoxy groups -OCH3 is 2. The molecule has 1 heterocycles. The maximum Gasteiger partial charge on any atom is 0.246 e. The number of amides is 1. The highest BCUT2D eigenvalue weighted by Crippen LogP contribution is 2.33. The van der Waals surface area contributed by atoms with Crippen molar-refractivity contribution in [3.8, 4) is 11.5 Å². The van der Waals surface area contributed by atoms with Gasteiger partial charge in [-0.25, -0.2) is 0 Å². The van der Waals surface area contributed by atoms with Crippen molar-refractivity contribution < 1.29 is 14.3 Å². The lowest BCUT2D eigenvalue weighted by atomic mass is 9.98. The molecule has 1 amide bonds. The molecule has 0 aliphatic carbocycles. The van der Waals surface area contributed by atoms with Crippen molar-refractivity contribution in [2.75, 3.05) is 20.8 Å². The molecule has 2 rings (SSSR count). The van der Waals surface area contributed by atoms with Gasteiger partial charge in [-0.2, -0.15) is 0 Å². The highest BCUT2D eigenvalue weighted by atomic mass is 16.5. The molecule has 0 aromatic heterocycles. The van der Waals surface area contributed by atoms with E-state index in [1.54, 1.807) is 20.3 Å². The standard InChI is InChI=1S/C16H21NO3/c1-11(2)7-16(18)17-6-5-12-8-14(19-3)15(20-4)9-13(12)10-17/h7-9H,5-6,10H2,1-4H3. The second-order valence-electron chi connectivity index (χ2n) is 5.21. The summed E-state index contributed by atoms with van der Waals surface area (Å²) in [6.45, 7) is 5.23. The number of nitrogens with zero attached hydrogens (tertiary/aromatic N) is 1. The Morgan fingerprint density at radius 3 is 2.30 bits per heavy atom. The highest BCUT2D eigenvalue weighted by molar-refractivity contribution is 5.88. The van der Waals surface area contributed by atoms with Gasteiger partial charge in [0.25, 0.3) is 0 Å². The molecule has 108 valence electrons. The topological polar surface area (TPSA) is 38.8 Å². The molecule has 1 aromatic carbocycles. The molecule has 4 nitrogen and oxygen atoms in total. The molecule has 20 heavy (non-hydrogen) atoms. The van der Waals surface area contributed by atoms with Crippen LogP contribution in [0.4, 0.5) is 0 Å². The fourth-order valence-corrected chi connectivity index (χ4v) is 2.41. The number of fused-ring (bicyclic) bond motifs is 1. The number of ether oxygens (including phenoxy) is 2. The molecule has 0 saturated carbocycles. The van der Waals surface area contributed by atoms with Crippen LogP contribution in [0, 0.1) is 0 Å². The van der Waals surface area contributed by atoms with E-state index in [2.05, 4.69) is 0 Å². The van der Waals surface area contributed by atoms with Crippen molar-refractivity contribution >= 4 is 5.91 Å². The van der Waals surface area contributed by atoms with E-state index >= 15 is 0 Å². The molecular formula is C16H21NO3. The number of carbonyl (C=O) groups excluding carboxylic acids is 1. The largest absolute Gasteiger partial charge is 0.493 e.